The van der Waals surface area contributed by atoms with Gasteiger partial charge >= 0.3 is 0 Å². The van der Waals surface area contributed by atoms with E-state index >= 15 is 0 Å². The molecule has 0 saturated carbocycles. The average molecular weight is 435 g/mol. The zero-order valence-corrected chi connectivity index (χ0v) is 19.0. The van der Waals surface area contributed by atoms with Gasteiger partial charge in [0.05, 0.1) is 30.2 Å². The summed E-state index contributed by atoms with van der Waals surface area (Å²) in [6, 6.07) is 17.8. The Hall–Kier alpha value is -3.54. The fourth-order valence-corrected chi connectivity index (χ4v) is 3.26. The number of para-hydroxylation sites is 1. The van der Waals surface area contributed by atoms with Gasteiger partial charge in [-0.15, -0.1) is 0 Å². The molecule has 0 radical (unpaired) electrons. The Bertz CT molecular complexity index is 1030. The highest BCUT2D eigenvalue weighted by atomic mass is 16.5. The van der Waals surface area contributed by atoms with Crippen LogP contribution in [0.25, 0.3) is 0 Å². The van der Waals surface area contributed by atoms with Crippen molar-refractivity contribution < 1.29 is 18.7 Å². The zero-order valence-electron chi connectivity index (χ0n) is 19.0. The molecule has 6 heteroatoms. The first-order valence-electron chi connectivity index (χ1n) is 10.8. The molecule has 6 nitrogen and oxygen atoms in total. The summed E-state index contributed by atoms with van der Waals surface area (Å²) < 4.78 is 11.0. The summed E-state index contributed by atoms with van der Waals surface area (Å²) in [6.45, 7) is 6.94. The molecule has 1 atom stereocenters. The van der Waals surface area contributed by atoms with Gasteiger partial charge in [0.25, 0.3) is 11.8 Å². The number of hydrogen-bond acceptors (Lipinski definition) is 4. The second kappa shape index (κ2) is 10.7. The smallest absolute Gasteiger partial charge is 0.293 e. The molecule has 1 heterocycles. The van der Waals surface area contributed by atoms with E-state index in [1.165, 1.54) is 11.2 Å². The van der Waals surface area contributed by atoms with Crippen molar-refractivity contribution in [3.05, 3.63) is 83.8 Å². The highest BCUT2D eigenvalue weighted by Crippen LogP contribution is 2.23. The van der Waals surface area contributed by atoms with E-state index in [4.69, 9.17) is 9.15 Å². The average Bonchev–Trinajstić information content (AvgIpc) is 3.33. The largest absolute Gasteiger partial charge is 0.494 e. The monoisotopic (exact) mass is 434 g/mol. The Labute approximate surface area is 189 Å². The topological polar surface area (TPSA) is 71.8 Å². The molecule has 0 fully saturated rings. The van der Waals surface area contributed by atoms with Gasteiger partial charge in [-0.1, -0.05) is 38.1 Å². The van der Waals surface area contributed by atoms with Crippen molar-refractivity contribution in [1.29, 1.82) is 0 Å². The molecule has 168 valence electrons. The van der Waals surface area contributed by atoms with Crippen molar-refractivity contribution in [2.24, 2.45) is 5.92 Å². The Morgan fingerprint density at radius 3 is 2.38 bits per heavy atom. The van der Waals surface area contributed by atoms with Gasteiger partial charge in [0, 0.05) is 7.05 Å². The number of carbonyl (C=O) groups excluding carboxylic acids is 2. The van der Waals surface area contributed by atoms with Gasteiger partial charge in [-0.2, -0.15) is 0 Å². The molecular weight excluding hydrogens is 404 g/mol. The molecule has 3 rings (SSSR count). The second-order valence-electron chi connectivity index (χ2n) is 8.15. The van der Waals surface area contributed by atoms with Gasteiger partial charge < -0.3 is 19.4 Å². The van der Waals surface area contributed by atoms with Crippen LogP contribution in [0.3, 0.4) is 0 Å². The van der Waals surface area contributed by atoms with Crippen LogP contribution >= 0.6 is 0 Å². The van der Waals surface area contributed by atoms with Crippen LogP contribution < -0.4 is 15.0 Å². The number of furan rings is 1. The molecule has 1 unspecified atom stereocenters. The molecule has 32 heavy (non-hydrogen) atoms. The van der Waals surface area contributed by atoms with Crippen LogP contribution in [-0.2, 0) is 0 Å². The van der Waals surface area contributed by atoms with E-state index in [-0.39, 0.29) is 23.6 Å². The maximum atomic E-state index is 13.0. The molecule has 0 aliphatic rings. The summed E-state index contributed by atoms with van der Waals surface area (Å²) in [5.41, 5.74) is 1.88. The summed E-state index contributed by atoms with van der Waals surface area (Å²) >= 11 is 0. The molecule has 0 aliphatic heterocycles. The van der Waals surface area contributed by atoms with Gasteiger partial charge in [0.15, 0.2) is 5.76 Å². The van der Waals surface area contributed by atoms with Crippen LogP contribution in [0.5, 0.6) is 5.75 Å². The zero-order chi connectivity index (χ0) is 23.1. The van der Waals surface area contributed by atoms with Crippen LogP contribution in [0.2, 0.25) is 0 Å². The Balaban J connectivity index is 1.67. The minimum Gasteiger partial charge on any atom is -0.494 e. The van der Waals surface area contributed by atoms with Gasteiger partial charge in [0.1, 0.15) is 5.75 Å². The normalized spacial score (nSPS) is 11.8. The first kappa shape index (κ1) is 23.1. The molecule has 0 saturated heterocycles. The number of nitrogens with one attached hydrogen (secondary N) is 1. The van der Waals surface area contributed by atoms with Crippen molar-refractivity contribution in [2.45, 2.75) is 33.2 Å². The van der Waals surface area contributed by atoms with Gasteiger partial charge in [-0.25, -0.2) is 0 Å². The van der Waals surface area contributed by atoms with Gasteiger partial charge in [-0.3, -0.25) is 9.59 Å². The van der Waals surface area contributed by atoms with E-state index in [9.17, 15) is 9.59 Å². The Kier molecular flexibility index (Phi) is 7.71. The Morgan fingerprint density at radius 1 is 1.00 bits per heavy atom. The summed E-state index contributed by atoms with van der Waals surface area (Å²) in [5.74, 6) is 1.05. The molecule has 0 spiro atoms. The third kappa shape index (κ3) is 5.78. The van der Waals surface area contributed by atoms with E-state index in [1.54, 1.807) is 43.4 Å². The maximum Gasteiger partial charge on any atom is 0.293 e. The third-order valence-corrected chi connectivity index (χ3v) is 5.24. The number of benzene rings is 2. The number of amides is 2. The maximum absolute atomic E-state index is 13.0. The Morgan fingerprint density at radius 2 is 1.72 bits per heavy atom. The molecule has 2 aromatic carbocycles. The van der Waals surface area contributed by atoms with Crippen molar-refractivity contribution in [3.8, 4) is 5.75 Å². The minimum absolute atomic E-state index is 0.215. The number of nitrogens with zero attached hydrogens (tertiary/aromatic N) is 1. The second-order valence-corrected chi connectivity index (χ2v) is 8.15. The molecule has 2 amide bonds. The van der Waals surface area contributed by atoms with E-state index in [1.807, 2.05) is 31.2 Å². The van der Waals surface area contributed by atoms with Crippen molar-refractivity contribution >= 4 is 17.5 Å². The fraction of sp³-hybridized carbons (Fsp3) is 0.308. The van der Waals surface area contributed by atoms with E-state index in [2.05, 4.69) is 19.2 Å². The predicted octanol–water partition coefficient (Wildman–Crippen LogP) is 5.47. The van der Waals surface area contributed by atoms with Crippen LogP contribution in [0.4, 0.5) is 5.69 Å². The van der Waals surface area contributed by atoms with E-state index < -0.39 is 0 Å². The van der Waals surface area contributed by atoms with Crippen molar-refractivity contribution in [2.75, 3.05) is 18.6 Å². The predicted molar refractivity (Wildman–Crippen MR) is 125 cm³/mol. The summed E-state index contributed by atoms with van der Waals surface area (Å²) in [4.78, 5) is 27.1. The summed E-state index contributed by atoms with van der Waals surface area (Å²) in [6.07, 6.45) is 2.45. The lowest BCUT2D eigenvalue weighted by atomic mass is 10.1. The molecule has 1 N–H and O–H groups in total. The fourth-order valence-electron chi connectivity index (χ4n) is 3.26. The molecule has 3 aromatic rings. The van der Waals surface area contributed by atoms with Crippen LogP contribution in [0.15, 0.2) is 71.3 Å². The van der Waals surface area contributed by atoms with Crippen LogP contribution in [0, 0.1) is 5.92 Å². The lowest BCUT2D eigenvalue weighted by Crippen LogP contribution is -2.31. The van der Waals surface area contributed by atoms with Crippen molar-refractivity contribution in [3.63, 3.8) is 0 Å². The lowest BCUT2D eigenvalue weighted by Gasteiger charge is -2.21. The summed E-state index contributed by atoms with van der Waals surface area (Å²) in [5, 5.41) is 3.02. The molecule has 0 aliphatic carbocycles. The number of carbonyl (C=O) groups is 2. The molecular formula is C26H30N2O4. The van der Waals surface area contributed by atoms with Gasteiger partial charge in [-0.05, 0) is 61.2 Å². The number of hydrogen-bond donors (Lipinski definition) is 1. The van der Waals surface area contributed by atoms with Crippen LogP contribution in [0.1, 0.15) is 59.7 Å². The SMILES string of the molecule is CC(C)CCOc1ccc(C(C)NC(=O)c2ccccc2N(C)C(=O)c2ccco2)cc1. The number of ether oxygens (including phenoxy) is 1. The van der Waals surface area contributed by atoms with E-state index in [0.29, 0.717) is 23.8 Å². The third-order valence-electron chi connectivity index (χ3n) is 5.24. The lowest BCUT2D eigenvalue weighted by molar-refractivity contribution is 0.0940. The molecule has 0 bridgehead atoms. The number of anilines is 1. The first-order valence-corrected chi connectivity index (χ1v) is 10.8. The minimum atomic E-state index is -0.323. The van der Waals surface area contributed by atoms with Gasteiger partial charge in [0.2, 0.25) is 0 Å². The summed E-state index contributed by atoms with van der Waals surface area (Å²) in [7, 11) is 1.62. The van der Waals surface area contributed by atoms with E-state index in [0.717, 1.165) is 17.7 Å². The number of rotatable bonds is 9. The highest BCUT2D eigenvalue weighted by Gasteiger charge is 2.22. The molecule has 1 aromatic heterocycles. The quantitative estimate of drug-likeness (QED) is 0.485. The van der Waals surface area contributed by atoms with Crippen LogP contribution in [-0.4, -0.2) is 25.5 Å². The first-order chi connectivity index (χ1) is 15.4. The highest BCUT2D eigenvalue weighted by molar-refractivity contribution is 6.09. The standard InChI is InChI=1S/C26H30N2O4/c1-18(2)15-17-31-21-13-11-20(12-14-21)19(3)27-25(29)22-8-5-6-9-23(22)28(4)26(30)24-10-7-16-32-24/h5-14,16,18-19H,15,17H2,1-4H3,(H,27,29). The van der Waals surface area contributed by atoms with Crippen molar-refractivity contribution in [1.82, 2.24) is 5.32 Å².